The van der Waals surface area contributed by atoms with E-state index in [4.69, 9.17) is 40.9 Å². The number of carbonyl (C=O) groups is 3. The molecular formula is C22H25ClN2O7. The first-order valence-corrected chi connectivity index (χ1v) is 10.1. The van der Waals surface area contributed by atoms with Crippen LogP contribution in [0.4, 0.5) is 0 Å². The molecule has 32 heavy (non-hydrogen) atoms. The third-order valence-electron chi connectivity index (χ3n) is 4.76. The molecule has 0 aromatic heterocycles. The Morgan fingerprint density at radius 2 is 1.38 bits per heavy atom. The second-order valence-corrected chi connectivity index (χ2v) is 7.34. The predicted molar refractivity (Wildman–Crippen MR) is 117 cm³/mol. The quantitative estimate of drug-likeness (QED) is 0.648. The first-order chi connectivity index (χ1) is 15.2. The van der Waals surface area contributed by atoms with Crippen molar-refractivity contribution >= 4 is 29.4 Å². The Morgan fingerprint density at radius 1 is 0.875 bits per heavy atom. The van der Waals surface area contributed by atoms with Gasteiger partial charge in [-0.05, 0) is 29.8 Å². The minimum absolute atomic E-state index is 0.00772. The number of halogens is 1. The number of benzene rings is 2. The molecular weight excluding hydrogens is 440 g/mol. The summed E-state index contributed by atoms with van der Waals surface area (Å²) in [6, 6.07) is 13.2. The molecule has 1 aliphatic rings. The number of ether oxygens (including phenoxy) is 2. The van der Waals surface area contributed by atoms with Crippen molar-refractivity contribution in [2.24, 2.45) is 0 Å². The zero-order valence-electron chi connectivity index (χ0n) is 17.8. The van der Waals surface area contributed by atoms with Crippen LogP contribution in [0.25, 0.3) is 0 Å². The van der Waals surface area contributed by atoms with Crippen LogP contribution in [-0.2, 0) is 16.1 Å². The SMILES string of the molecule is COc1cc(OC)cc(C(=O)N2CCN(Cc3ccc(Cl)cc3)CC2)c1.O=C(O)C(=O)O. The summed E-state index contributed by atoms with van der Waals surface area (Å²) in [4.78, 5) is 35.2. The van der Waals surface area contributed by atoms with Crippen molar-refractivity contribution in [3.8, 4) is 11.5 Å². The molecule has 0 bridgehead atoms. The standard InChI is InChI=1S/C20H23ClN2O3.C2H2O4/c1-25-18-11-16(12-19(13-18)26-2)20(24)23-9-7-22(8-10-23)14-15-3-5-17(21)6-4-15;3-1(4)2(5)6/h3-6,11-13H,7-10,14H2,1-2H3;(H,3,4)(H,5,6). The zero-order valence-corrected chi connectivity index (χ0v) is 18.5. The molecule has 3 rings (SSSR count). The van der Waals surface area contributed by atoms with Crippen LogP contribution in [0.5, 0.6) is 11.5 Å². The monoisotopic (exact) mass is 464 g/mol. The van der Waals surface area contributed by atoms with Crippen LogP contribution in [0.1, 0.15) is 15.9 Å². The highest BCUT2D eigenvalue weighted by Crippen LogP contribution is 2.24. The maximum atomic E-state index is 12.8. The molecule has 1 amide bonds. The van der Waals surface area contributed by atoms with Gasteiger partial charge in [0, 0.05) is 49.4 Å². The van der Waals surface area contributed by atoms with Gasteiger partial charge in [0.1, 0.15) is 11.5 Å². The van der Waals surface area contributed by atoms with Crippen molar-refractivity contribution in [3.63, 3.8) is 0 Å². The molecule has 2 aromatic carbocycles. The maximum absolute atomic E-state index is 12.8. The molecule has 1 aliphatic heterocycles. The van der Waals surface area contributed by atoms with Crippen molar-refractivity contribution in [3.05, 3.63) is 58.6 Å². The second-order valence-electron chi connectivity index (χ2n) is 6.91. The van der Waals surface area contributed by atoms with E-state index in [1.54, 1.807) is 32.4 Å². The lowest BCUT2D eigenvalue weighted by Gasteiger charge is -2.35. The highest BCUT2D eigenvalue weighted by atomic mass is 35.5. The molecule has 0 radical (unpaired) electrons. The number of methoxy groups -OCH3 is 2. The van der Waals surface area contributed by atoms with Crippen LogP contribution in [0.3, 0.4) is 0 Å². The van der Waals surface area contributed by atoms with E-state index < -0.39 is 11.9 Å². The first kappa shape index (κ1) is 25.0. The fourth-order valence-electron chi connectivity index (χ4n) is 3.07. The van der Waals surface area contributed by atoms with Crippen LogP contribution in [-0.4, -0.2) is 78.3 Å². The minimum atomic E-state index is -1.82. The Morgan fingerprint density at radius 3 is 1.81 bits per heavy atom. The molecule has 2 aromatic rings. The number of hydrogen-bond donors (Lipinski definition) is 2. The van der Waals surface area contributed by atoms with Crippen LogP contribution >= 0.6 is 11.6 Å². The molecule has 172 valence electrons. The highest BCUT2D eigenvalue weighted by molar-refractivity contribution is 6.30. The summed E-state index contributed by atoms with van der Waals surface area (Å²) in [6.45, 7) is 3.95. The molecule has 0 unspecified atom stereocenters. The van der Waals surface area contributed by atoms with E-state index in [9.17, 15) is 4.79 Å². The number of aliphatic carboxylic acids is 2. The van der Waals surface area contributed by atoms with E-state index in [-0.39, 0.29) is 5.91 Å². The molecule has 1 fully saturated rings. The van der Waals surface area contributed by atoms with Gasteiger partial charge < -0.3 is 24.6 Å². The van der Waals surface area contributed by atoms with Crippen LogP contribution in [0.15, 0.2) is 42.5 Å². The number of rotatable bonds is 5. The van der Waals surface area contributed by atoms with Crippen molar-refractivity contribution < 1.29 is 34.1 Å². The van der Waals surface area contributed by atoms with E-state index in [1.165, 1.54) is 5.56 Å². The molecule has 0 saturated carbocycles. The second kappa shape index (κ2) is 11.9. The predicted octanol–water partition coefficient (Wildman–Crippen LogP) is 2.47. The summed E-state index contributed by atoms with van der Waals surface area (Å²) in [6.07, 6.45) is 0. The summed E-state index contributed by atoms with van der Waals surface area (Å²) in [5, 5.41) is 15.5. The molecule has 1 heterocycles. The zero-order chi connectivity index (χ0) is 23.7. The van der Waals surface area contributed by atoms with E-state index in [2.05, 4.69) is 4.90 Å². The number of nitrogens with zero attached hydrogens (tertiary/aromatic N) is 2. The first-order valence-electron chi connectivity index (χ1n) is 9.69. The Labute approximate surface area is 190 Å². The van der Waals surface area contributed by atoms with Crippen LogP contribution < -0.4 is 9.47 Å². The number of hydrogen-bond acceptors (Lipinski definition) is 6. The minimum Gasteiger partial charge on any atom is -0.497 e. The number of carboxylic acids is 2. The van der Waals surface area contributed by atoms with Gasteiger partial charge in [0.15, 0.2) is 0 Å². The summed E-state index contributed by atoms with van der Waals surface area (Å²) in [7, 11) is 3.16. The third kappa shape index (κ3) is 7.44. The summed E-state index contributed by atoms with van der Waals surface area (Å²) >= 11 is 5.93. The number of amides is 1. The summed E-state index contributed by atoms with van der Waals surface area (Å²) in [5.41, 5.74) is 1.82. The molecule has 0 atom stereocenters. The Kier molecular flexibility index (Phi) is 9.30. The molecule has 10 heteroatoms. The summed E-state index contributed by atoms with van der Waals surface area (Å²) < 4.78 is 10.5. The number of piperazine rings is 1. The summed E-state index contributed by atoms with van der Waals surface area (Å²) in [5.74, 6) is -2.40. The fraction of sp³-hybridized carbons (Fsp3) is 0.318. The van der Waals surface area contributed by atoms with Crippen molar-refractivity contribution in [1.82, 2.24) is 9.80 Å². The van der Waals surface area contributed by atoms with Gasteiger partial charge in [0.05, 0.1) is 14.2 Å². The maximum Gasteiger partial charge on any atom is 0.414 e. The Balaban J connectivity index is 0.000000534. The average Bonchev–Trinajstić information content (AvgIpc) is 2.80. The van der Waals surface area contributed by atoms with Crippen LogP contribution in [0, 0.1) is 0 Å². The van der Waals surface area contributed by atoms with Gasteiger partial charge >= 0.3 is 11.9 Å². The molecule has 0 aliphatic carbocycles. The van der Waals surface area contributed by atoms with E-state index in [0.717, 1.165) is 24.7 Å². The van der Waals surface area contributed by atoms with Gasteiger partial charge in [-0.2, -0.15) is 0 Å². The largest absolute Gasteiger partial charge is 0.497 e. The van der Waals surface area contributed by atoms with Gasteiger partial charge in [-0.1, -0.05) is 23.7 Å². The van der Waals surface area contributed by atoms with E-state index in [1.807, 2.05) is 29.2 Å². The Hall–Kier alpha value is -3.30. The molecule has 9 nitrogen and oxygen atoms in total. The highest BCUT2D eigenvalue weighted by Gasteiger charge is 2.23. The lowest BCUT2D eigenvalue weighted by Crippen LogP contribution is -2.48. The van der Waals surface area contributed by atoms with Crippen molar-refractivity contribution in [1.29, 1.82) is 0 Å². The van der Waals surface area contributed by atoms with Gasteiger partial charge in [0.2, 0.25) is 0 Å². The van der Waals surface area contributed by atoms with E-state index in [0.29, 0.717) is 30.2 Å². The third-order valence-corrected chi connectivity index (χ3v) is 5.01. The lowest BCUT2D eigenvalue weighted by molar-refractivity contribution is -0.159. The smallest absolute Gasteiger partial charge is 0.414 e. The number of carbonyl (C=O) groups excluding carboxylic acids is 1. The average molecular weight is 465 g/mol. The molecule has 2 N–H and O–H groups in total. The topological polar surface area (TPSA) is 117 Å². The van der Waals surface area contributed by atoms with Gasteiger partial charge in [-0.15, -0.1) is 0 Å². The Bertz CT molecular complexity index is 908. The normalized spacial score (nSPS) is 13.5. The lowest BCUT2D eigenvalue weighted by atomic mass is 10.1. The van der Waals surface area contributed by atoms with Gasteiger partial charge in [-0.25, -0.2) is 9.59 Å². The van der Waals surface area contributed by atoms with Gasteiger partial charge in [0.25, 0.3) is 5.91 Å². The number of carboxylic acid groups (broad SMARTS) is 2. The van der Waals surface area contributed by atoms with Crippen molar-refractivity contribution in [2.45, 2.75) is 6.54 Å². The van der Waals surface area contributed by atoms with E-state index >= 15 is 0 Å². The fourth-order valence-corrected chi connectivity index (χ4v) is 3.20. The van der Waals surface area contributed by atoms with Gasteiger partial charge in [-0.3, -0.25) is 9.69 Å². The van der Waals surface area contributed by atoms with Crippen LogP contribution in [0.2, 0.25) is 5.02 Å². The molecule has 0 spiro atoms. The molecule has 1 saturated heterocycles. The van der Waals surface area contributed by atoms with Crippen molar-refractivity contribution in [2.75, 3.05) is 40.4 Å².